The monoisotopic (exact) mass is 268 g/mol. The van der Waals surface area contributed by atoms with Gasteiger partial charge in [-0.15, -0.1) is 12.4 Å². The van der Waals surface area contributed by atoms with E-state index in [-0.39, 0.29) is 23.9 Å². The minimum atomic E-state index is 0. The summed E-state index contributed by atoms with van der Waals surface area (Å²) in [6, 6.07) is 6.01. The molecule has 0 spiro atoms. The predicted octanol–water partition coefficient (Wildman–Crippen LogP) is 3.64. The van der Waals surface area contributed by atoms with Gasteiger partial charge in [-0.25, -0.2) is 0 Å². The number of H-pyrrole nitrogens is 1. The standard InChI is InChI=1S/C14H20N2O.ClH/c1-14(2,3)13(15)11-8-16-12-6-5-9(17-4)7-10(11)12;/h5-8,13,16H,15H2,1-4H3;1H/t13-;/m1./s1. The number of nitrogens with two attached hydrogens (primary N) is 1. The Hall–Kier alpha value is -1.19. The van der Waals surface area contributed by atoms with Gasteiger partial charge < -0.3 is 15.5 Å². The summed E-state index contributed by atoms with van der Waals surface area (Å²) in [6.07, 6.45) is 2.00. The van der Waals surface area contributed by atoms with Crippen LogP contribution < -0.4 is 10.5 Å². The van der Waals surface area contributed by atoms with E-state index in [0.29, 0.717) is 0 Å². The Kier molecular flexibility index (Phi) is 4.30. The molecule has 3 N–H and O–H groups in total. The second-order valence-electron chi connectivity index (χ2n) is 5.50. The van der Waals surface area contributed by atoms with Crippen LogP contribution in [-0.2, 0) is 0 Å². The van der Waals surface area contributed by atoms with Crippen LogP contribution in [0.15, 0.2) is 24.4 Å². The third kappa shape index (κ3) is 2.62. The van der Waals surface area contributed by atoms with Gasteiger partial charge in [-0.05, 0) is 29.2 Å². The third-order valence-corrected chi connectivity index (χ3v) is 3.19. The average molecular weight is 269 g/mol. The maximum absolute atomic E-state index is 6.31. The molecule has 0 saturated carbocycles. The molecule has 1 atom stereocenters. The Balaban J connectivity index is 0.00000162. The molecule has 2 rings (SSSR count). The minimum absolute atomic E-state index is 0. The van der Waals surface area contributed by atoms with E-state index < -0.39 is 0 Å². The molecule has 0 unspecified atom stereocenters. The first kappa shape index (κ1) is 14.9. The fourth-order valence-electron chi connectivity index (χ4n) is 1.97. The van der Waals surface area contributed by atoms with Crippen molar-refractivity contribution in [3.8, 4) is 5.75 Å². The van der Waals surface area contributed by atoms with Crippen LogP contribution in [0.3, 0.4) is 0 Å². The van der Waals surface area contributed by atoms with E-state index in [1.165, 1.54) is 0 Å². The molecule has 18 heavy (non-hydrogen) atoms. The van der Waals surface area contributed by atoms with Gasteiger partial charge in [-0.2, -0.15) is 0 Å². The first-order valence-corrected chi connectivity index (χ1v) is 5.84. The zero-order valence-electron chi connectivity index (χ0n) is 11.3. The van der Waals surface area contributed by atoms with Crippen LogP contribution in [0.25, 0.3) is 10.9 Å². The zero-order valence-corrected chi connectivity index (χ0v) is 12.1. The van der Waals surface area contributed by atoms with Gasteiger partial charge in [0.15, 0.2) is 0 Å². The van der Waals surface area contributed by atoms with Gasteiger partial charge >= 0.3 is 0 Å². The molecule has 1 heterocycles. The highest BCUT2D eigenvalue weighted by Gasteiger charge is 2.24. The highest BCUT2D eigenvalue weighted by Crippen LogP contribution is 2.35. The molecule has 3 nitrogen and oxygen atoms in total. The molecular formula is C14H21ClN2O. The highest BCUT2D eigenvalue weighted by atomic mass is 35.5. The SMILES string of the molecule is COc1ccc2[nH]cc([C@@H](N)C(C)(C)C)c2c1.Cl. The van der Waals surface area contributed by atoms with Gasteiger partial charge in [0.1, 0.15) is 5.75 Å². The van der Waals surface area contributed by atoms with E-state index in [9.17, 15) is 0 Å². The molecule has 0 aliphatic rings. The fourth-order valence-corrected chi connectivity index (χ4v) is 1.97. The number of ether oxygens (including phenoxy) is 1. The number of fused-ring (bicyclic) bond motifs is 1. The van der Waals surface area contributed by atoms with Crippen molar-refractivity contribution in [2.45, 2.75) is 26.8 Å². The van der Waals surface area contributed by atoms with Crippen molar-refractivity contribution in [1.82, 2.24) is 4.98 Å². The molecule has 0 aliphatic carbocycles. The number of benzene rings is 1. The number of hydrogen-bond acceptors (Lipinski definition) is 2. The Labute approximate surface area is 114 Å². The largest absolute Gasteiger partial charge is 0.497 e. The van der Waals surface area contributed by atoms with Gasteiger partial charge in [0.25, 0.3) is 0 Å². The van der Waals surface area contributed by atoms with Crippen LogP contribution in [0.4, 0.5) is 0 Å². The molecule has 4 heteroatoms. The van der Waals surface area contributed by atoms with Crippen molar-refractivity contribution in [2.75, 3.05) is 7.11 Å². The Bertz CT molecular complexity index is 528. The number of rotatable bonds is 2. The number of hydrogen-bond donors (Lipinski definition) is 2. The lowest BCUT2D eigenvalue weighted by Crippen LogP contribution is -2.25. The van der Waals surface area contributed by atoms with Crippen molar-refractivity contribution in [2.24, 2.45) is 11.1 Å². The molecular weight excluding hydrogens is 248 g/mol. The first-order valence-electron chi connectivity index (χ1n) is 5.84. The Morgan fingerprint density at radius 1 is 1.28 bits per heavy atom. The van der Waals surface area contributed by atoms with Gasteiger partial charge in [-0.3, -0.25) is 0 Å². The normalized spacial score (nSPS) is 13.2. The zero-order chi connectivity index (χ0) is 12.6. The van der Waals surface area contributed by atoms with E-state index in [4.69, 9.17) is 10.5 Å². The molecule has 0 saturated heterocycles. The van der Waals surface area contributed by atoms with E-state index >= 15 is 0 Å². The van der Waals surface area contributed by atoms with Gasteiger partial charge in [0.2, 0.25) is 0 Å². The van der Waals surface area contributed by atoms with Gasteiger partial charge in [0, 0.05) is 23.1 Å². The van der Waals surface area contributed by atoms with Crippen LogP contribution in [0.5, 0.6) is 5.75 Å². The molecule has 1 aromatic carbocycles. The summed E-state index contributed by atoms with van der Waals surface area (Å²) < 4.78 is 5.26. The van der Waals surface area contributed by atoms with Crippen molar-refractivity contribution in [3.63, 3.8) is 0 Å². The highest BCUT2D eigenvalue weighted by molar-refractivity contribution is 5.85. The fraction of sp³-hybridized carbons (Fsp3) is 0.429. The molecule has 100 valence electrons. The summed E-state index contributed by atoms with van der Waals surface area (Å²) in [6.45, 7) is 6.45. The number of aromatic nitrogens is 1. The summed E-state index contributed by atoms with van der Waals surface area (Å²) in [4.78, 5) is 3.26. The Morgan fingerprint density at radius 3 is 2.50 bits per heavy atom. The topological polar surface area (TPSA) is 51.0 Å². The summed E-state index contributed by atoms with van der Waals surface area (Å²) in [7, 11) is 1.68. The molecule has 0 bridgehead atoms. The second kappa shape index (κ2) is 5.21. The summed E-state index contributed by atoms with van der Waals surface area (Å²) >= 11 is 0. The smallest absolute Gasteiger partial charge is 0.119 e. The first-order chi connectivity index (χ1) is 7.93. The number of aromatic amines is 1. The average Bonchev–Trinajstić information content (AvgIpc) is 2.69. The number of methoxy groups -OCH3 is 1. The van der Waals surface area contributed by atoms with Crippen molar-refractivity contribution in [1.29, 1.82) is 0 Å². The van der Waals surface area contributed by atoms with E-state index in [1.54, 1.807) is 7.11 Å². The molecule has 0 radical (unpaired) electrons. The lowest BCUT2D eigenvalue weighted by Gasteiger charge is -2.26. The van der Waals surface area contributed by atoms with Crippen molar-refractivity contribution in [3.05, 3.63) is 30.0 Å². The van der Waals surface area contributed by atoms with Crippen LogP contribution in [0.2, 0.25) is 0 Å². The van der Waals surface area contributed by atoms with Gasteiger partial charge in [-0.1, -0.05) is 20.8 Å². The Morgan fingerprint density at radius 2 is 1.94 bits per heavy atom. The molecule has 2 aromatic rings. The number of halogens is 1. The van der Waals surface area contributed by atoms with Gasteiger partial charge in [0.05, 0.1) is 7.11 Å². The van der Waals surface area contributed by atoms with E-state index in [1.807, 2.05) is 24.4 Å². The predicted molar refractivity (Wildman–Crippen MR) is 78.5 cm³/mol. The molecule has 0 aliphatic heterocycles. The summed E-state index contributed by atoms with van der Waals surface area (Å²) in [5.74, 6) is 0.861. The summed E-state index contributed by atoms with van der Waals surface area (Å²) in [5.41, 5.74) is 8.60. The van der Waals surface area contributed by atoms with Crippen LogP contribution in [-0.4, -0.2) is 12.1 Å². The molecule has 0 fully saturated rings. The summed E-state index contributed by atoms with van der Waals surface area (Å²) in [5, 5.41) is 1.15. The van der Waals surface area contributed by atoms with Crippen LogP contribution >= 0.6 is 12.4 Å². The molecule has 0 amide bonds. The van der Waals surface area contributed by atoms with Crippen molar-refractivity contribution >= 4 is 23.3 Å². The van der Waals surface area contributed by atoms with Crippen molar-refractivity contribution < 1.29 is 4.74 Å². The lowest BCUT2D eigenvalue weighted by molar-refractivity contribution is 0.328. The lowest BCUT2D eigenvalue weighted by atomic mass is 9.83. The second-order valence-corrected chi connectivity index (χ2v) is 5.50. The van der Waals surface area contributed by atoms with E-state index in [2.05, 4.69) is 25.8 Å². The quantitative estimate of drug-likeness (QED) is 0.874. The molecule has 1 aromatic heterocycles. The van der Waals surface area contributed by atoms with Crippen LogP contribution in [0.1, 0.15) is 32.4 Å². The van der Waals surface area contributed by atoms with E-state index in [0.717, 1.165) is 22.2 Å². The minimum Gasteiger partial charge on any atom is -0.497 e. The van der Waals surface area contributed by atoms with Crippen LogP contribution in [0, 0.1) is 5.41 Å². The maximum atomic E-state index is 6.31. The third-order valence-electron chi connectivity index (χ3n) is 3.19. The number of nitrogens with one attached hydrogen (secondary N) is 1. The maximum Gasteiger partial charge on any atom is 0.119 e.